The first-order chi connectivity index (χ1) is 18.1. The molecule has 1 aliphatic rings. The van der Waals surface area contributed by atoms with Crippen LogP contribution in [0, 0.1) is 13.8 Å². The molecule has 0 aliphatic carbocycles. The number of hydrogen-bond acceptors (Lipinski definition) is 8. The molecule has 1 aromatic carbocycles. The number of sulfonamides is 1. The molecule has 0 spiro atoms. The lowest BCUT2D eigenvalue weighted by atomic mass is 10.00. The number of ether oxygens (including phenoxy) is 1. The van der Waals surface area contributed by atoms with Crippen LogP contribution in [0.5, 0.6) is 5.88 Å². The highest BCUT2D eigenvalue weighted by Crippen LogP contribution is 2.30. The number of carbonyl (C=O) groups excluding carboxylic acids is 1. The fourth-order valence-corrected chi connectivity index (χ4v) is 5.48. The summed E-state index contributed by atoms with van der Waals surface area (Å²) in [5.41, 5.74) is 3.40. The van der Waals surface area contributed by atoms with Gasteiger partial charge in [0.25, 0.3) is 10.0 Å². The Bertz CT molecular complexity index is 1380. The third-order valence-electron chi connectivity index (χ3n) is 6.70. The molecule has 38 heavy (non-hydrogen) atoms. The summed E-state index contributed by atoms with van der Waals surface area (Å²) in [6.45, 7) is 11.1. The van der Waals surface area contributed by atoms with Crippen LogP contribution in [0.1, 0.15) is 31.4 Å². The van der Waals surface area contributed by atoms with Gasteiger partial charge in [-0.2, -0.15) is 10.1 Å². The minimum atomic E-state index is -3.96. The van der Waals surface area contributed by atoms with Crippen LogP contribution in [-0.4, -0.2) is 82.7 Å². The van der Waals surface area contributed by atoms with Crippen molar-refractivity contribution in [2.24, 2.45) is 7.05 Å². The lowest BCUT2D eigenvalue weighted by Crippen LogP contribution is -2.39. The Morgan fingerprint density at radius 2 is 1.89 bits per heavy atom. The van der Waals surface area contributed by atoms with Crippen molar-refractivity contribution in [1.29, 1.82) is 0 Å². The van der Waals surface area contributed by atoms with Crippen LogP contribution in [0.2, 0.25) is 0 Å². The van der Waals surface area contributed by atoms with Crippen molar-refractivity contribution >= 4 is 21.9 Å². The van der Waals surface area contributed by atoms with Crippen LogP contribution in [0.3, 0.4) is 0 Å². The van der Waals surface area contributed by atoms with E-state index in [4.69, 9.17) is 4.74 Å². The minimum absolute atomic E-state index is 0.00157. The molecule has 3 aromatic rings. The first-order valence-corrected chi connectivity index (χ1v) is 14.2. The fourth-order valence-electron chi connectivity index (χ4n) is 4.55. The Kier molecular flexibility index (Phi) is 8.32. The van der Waals surface area contributed by atoms with Crippen molar-refractivity contribution in [2.75, 3.05) is 37.4 Å². The number of nitrogens with zero attached hydrogens (tertiary/aromatic N) is 6. The van der Waals surface area contributed by atoms with Gasteiger partial charge in [0.2, 0.25) is 17.7 Å². The second-order valence-electron chi connectivity index (χ2n) is 9.47. The average Bonchev–Trinajstić information content (AvgIpc) is 3.51. The average molecular weight is 542 g/mol. The number of benzene rings is 1. The van der Waals surface area contributed by atoms with Gasteiger partial charge in [-0.05, 0) is 38.1 Å². The normalized spacial score (nSPS) is 15.7. The second kappa shape index (κ2) is 11.5. The zero-order chi connectivity index (χ0) is 27.4. The Hall–Kier alpha value is -3.51. The van der Waals surface area contributed by atoms with Crippen LogP contribution >= 0.6 is 0 Å². The maximum absolute atomic E-state index is 13.0. The van der Waals surface area contributed by atoms with E-state index in [1.165, 1.54) is 17.1 Å². The van der Waals surface area contributed by atoms with Crippen molar-refractivity contribution in [2.45, 2.75) is 45.1 Å². The summed E-state index contributed by atoms with van der Waals surface area (Å²) in [7, 11) is -2.32. The number of amides is 1. The quantitative estimate of drug-likeness (QED) is 0.416. The van der Waals surface area contributed by atoms with Gasteiger partial charge in [-0.25, -0.2) is 18.1 Å². The third kappa shape index (κ3) is 6.30. The number of likely N-dealkylation sites (N-methyl/N-ethyl adjacent to an activating group) is 1. The summed E-state index contributed by atoms with van der Waals surface area (Å²) in [6, 6.07) is 7.63. The number of aryl methyl sites for hydroxylation is 3. The highest BCUT2D eigenvalue weighted by atomic mass is 32.2. The predicted octanol–water partition coefficient (Wildman–Crippen LogP) is 2.62. The van der Waals surface area contributed by atoms with E-state index in [-0.39, 0.29) is 28.7 Å². The topological polar surface area (TPSA) is 123 Å². The molecule has 0 bridgehead atoms. The number of hydrogen-bond donors (Lipinski definition) is 1. The number of anilines is 1. The lowest BCUT2D eigenvalue weighted by molar-refractivity contribution is -0.131. The summed E-state index contributed by atoms with van der Waals surface area (Å²) >= 11 is 0. The van der Waals surface area contributed by atoms with E-state index in [9.17, 15) is 13.2 Å². The van der Waals surface area contributed by atoms with Gasteiger partial charge >= 0.3 is 0 Å². The molecule has 1 aliphatic heterocycles. The maximum Gasteiger partial charge on any atom is 0.267 e. The molecule has 1 fully saturated rings. The van der Waals surface area contributed by atoms with Crippen molar-refractivity contribution in [3.63, 3.8) is 0 Å². The number of carbonyl (C=O) groups is 1. The molecular weight excluding hydrogens is 506 g/mol. The summed E-state index contributed by atoms with van der Waals surface area (Å²) in [4.78, 5) is 25.6. The Morgan fingerprint density at radius 1 is 1.18 bits per heavy atom. The third-order valence-corrected chi connectivity index (χ3v) is 7.98. The number of likely N-dealkylation sites (tertiary alicyclic amines) is 1. The van der Waals surface area contributed by atoms with Gasteiger partial charge in [0.15, 0.2) is 0 Å². The standard InChI is InChI=1S/C26H35N7O4S/c1-6-32(7-2)17-24(34)33-12-11-20(15-33)37-23-13-22(25-18(3)9-8-10-19(25)4)28-26(29-23)30-38(35,36)21-14-27-31(5)16-21/h8-10,13-14,16,20H,6-7,11-12,15,17H2,1-5H3,(H,28,29,30). The van der Waals surface area contributed by atoms with E-state index >= 15 is 0 Å². The van der Waals surface area contributed by atoms with Crippen LogP contribution in [0.4, 0.5) is 5.95 Å². The summed E-state index contributed by atoms with van der Waals surface area (Å²) in [5, 5.41) is 3.95. The predicted molar refractivity (Wildman–Crippen MR) is 144 cm³/mol. The molecule has 0 radical (unpaired) electrons. The van der Waals surface area contributed by atoms with E-state index in [0.717, 1.165) is 29.8 Å². The highest BCUT2D eigenvalue weighted by Gasteiger charge is 2.29. The Balaban J connectivity index is 1.60. The van der Waals surface area contributed by atoms with Gasteiger partial charge in [0.1, 0.15) is 11.0 Å². The summed E-state index contributed by atoms with van der Waals surface area (Å²) in [6.07, 6.45) is 3.05. The van der Waals surface area contributed by atoms with Gasteiger partial charge in [0, 0.05) is 37.8 Å². The Morgan fingerprint density at radius 3 is 2.53 bits per heavy atom. The Labute approximate surface area is 223 Å². The minimum Gasteiger partial charge on any atom is -0.472 e. The molecule has 3 heterocycles. The largest absolute Gasteiger partial charge is 0.472 e. The molecule has 1 saturated heterocycles. The number of nitrogens with one attached hydrogen (secondary N) is 1. The number of rotatable bonds is 10. The van der Waals surface area contributed by atoms with Crippen LogP contribution in [-0.2, 0) is 21.9 Å². The lowest BCUT2D eigenvalue weighted by Gasteiger charge is -2.22. The smallest absolute Gasteiger partial charge is 0.267 e. The van der Waals surface area contributed by atoms with Crippen molar-refractivity contribution in [3.05, 3.63) is 47.8 Å². The van der Waals surface area contributed by atoms with Gasteiger partial charge in [-0.3, -0.25) is 14.4 Å². The molecule has 12 heteroatoms. The van der Waals surface area contributed by atoms with E-state index in [1.54, 1.807) is 13.1 Å². The molecule has 1 amide bonds. The first-order valence-electron chi connectivity index (χ1n) is 12.7. The van der Waals surface area contributed by atoms with Crippen LogP contribution < -0.4 is 9.46 Å². The van der Waals surface area contributed by atoms with E-state index in [2.05, 4.69) is 24.7 Å². The van der Waals surface area contributed by atoms with E-state index in [0.29, 0.717) is 31.7 Å². The maximum atomic E-state index is 13.0. The molecule has 1 unspecified atom stereocenters. The fraction of sp³-hybridized carbons (Fsp3) is 0.462. The van der Waals surface area contributed by atoms with Crippen molar-refractivity contribution in [1.82, 2.24) is 29.5 Å². The van der Waals surface area contributed by atoms with E-state index < -0.39 is 10.0 Å². The van der Waals surface area contributed by atoms with E-state index in [1.807, 2.05) is 50.8 Å². The highest BCUT2D eigenvalue weighted by molar-refractivity contribution is 7.92. The molecular formula is C26H35N7O4S. The first kappa shape index (κ1) is 27.5. The van der Waals surface area contributed by atoms with Gasteiger partial charge in [-0.1, -0.05) is 32.0 Å². The molecule has 2 aromatic heterocycles. The molecule has 204 valence electrons. The zero-order valence-electron chi connectivity index (χ0n) is 22.5. The van der Waals surface area contributed by atoms with Gasteiger partial charge < -0.3 is 9.64 Å². The summed E-state index contributed by atoms with van der Waals surface area (Å²) in [5.74, 6) is 0.213. The summed E-state index contributed by atoms with van der Waals surface area (Å²) < 4.78 is 36.0. The van der Waals surface area contributed by atoms with Crippen molar-refractivity contribution < 1.29 is 17.9 Å². The molecule has 1 N–H and O–H groups in total. The SMILES string of the molecule is CCN(CC)CC(=O)N1CCC(Oc2cc(-c3c(C)cccc3C)nc(NS(=O)(=O)c3cnn(C)c3)n2)C1. The van der Waals surface area contributed by atoms with Crippen molar-refractivity contribution in [3.8, 4) is 17.1 Å². The van der Waals surface area contributed by atoms with Crippen LogP contribution in [0.25, 0.3) is 11.3 Å². The second-order valence-corrected chi connectivity index (χ2v) is 11.1. The monoisotopic (exact) mass is 541 g/mol. The molecule has 0 saturated carbocycles. The van der Waals surface area contributed by atoms with Gasteiger partial charge in [0.05, 0.1) is 25.0 Å². The molecule has 4 rings (SSSR count). The zero-order valence-corrected chi connectivity index (χ0v) is 23.3. The molecule has 11 nitrogen and oxygen atoms in total. The van der Waals surface area contributed by atoms with Gasteiger partial charge in [-0.15, -0.1) is 0 Å². The molecule has 1 atom stereocenters. The number of aromatic nitrogens is 4. The van der Waals surface area contributed by atoms with Crippen LogP contribution in [0.15, 0.2) is 41.6 Å².